The zero-order valence-corrected chi connectivity index (χ0v) is 11.3. The maximum atomic E-state index is 8.98. The van der Waals surface area contributed by atoms with Gasteiger partial charge in [0, 0.05) is 17.8 Å². The van der Waals surface area contributed by atoms with E-state index in [1.54, 1.807) is 20.4 Å². The molecule has 0 N–H and O–H groups in total. The molecule has 100 valence electrons. The molecule has 4 heteroatoms. The molecule has 2 aromatic rings. The van der Waals surface area contributed by atoms with E-state index in [9.17, 15) is 0 Å². The van der Waals surface area contributed by atoms with Gasteiger partial charge in [-0.15, -0.1) is 0 Å². The van der Waals surface area contributed by atoms with Crippen LogP contribution in [0.2, 0.25) is 0 Å². The second-order valence-corrected chi connectivity index (χ2v) is 3.97. The maximum Gasteiger partial charge on any atom is 0.161 e. The third-order valence-electron chi connectivity index (χ3n) is 2.84. The quantitative estimate of drug-likeness (QED) is 0.798. The Morgan fingerprint density at radius 3 is 2.55 bits per heavy atom. The van der Waals surface area contributed by atoms with Gasteiger partial charge in [-0.2, -0.15) is 5.26 Å². The number of nitrogens with zero attached hydrogens (tertiary/aromatic N) is 2. The number of benzene rings is 1. The molecule has 1 aromatic carbocycles. The van der Waals surface area contributed by atoms with Crippen LogP contribution in [0.1, 0.15) is 11.3 Å². The number of aromatic nitrogens is 1. The van der Waals surface area contributed by atoms with E-state index < -0.39 is 0 Å². The predicted octanol–water partition coefficient (Wildman–Crippen LogP) is 3.05. The predicted molar refractivity (Wildman–Crippen MR) is 76.5 cm³/mol. The summed E-state index contributed by atoms with van der Waals surface area (Å²) in [5.41, 5.74) is 2.33. The minimum absolute atomic E-state index is 0.616. The normalized spacial score (nSPS) is 10.8. The van der Waals surface area contributed by atoms with E-state index in [4.69, 9.17) is 14.7 Å². The fourth-order valence-corrected chi connectivity index (χ4v) is 1.90. The minimum Gasteiger partial charge on any atom is -0.493 e. The fourth-order valence-electron chi connectivity index (χ4n) is 1.90. The van der Waals surface area contributed by atoms with Gasteiger partial charge in [-0.3, -0.25) is 4.98 Å². The van der Waals surface area contributed by atoms with Gasteiger partial charge in [0.05, 0.1) is 26.0 Å². The summed E-state index contributed by atoms with van der Waals surface area (Å²) in [4.78, 5) is 4.28. The second-order valence-electron chi connectivity index (χ2n) is 3.97. The standard InChI is InChI=1S/C16H14N2O2/c1-19-15-7-6-12(11-16(15)20-2)13(8-9-17)14-5-3-4-10-18-14/h3-8,10-11H,1-2H3/b13-8-. The van der Waals surface area contributed by atoms with E-state index in [-0.39, 0.29) is 0 Å². The molecule has 1 heterocycles. The largest absolute Gasteiger partial charge is 0.493 e. The van der Waals surface area contributed by atoms with Crippen molar-refractivity contribution in [3.8, 4) is 17.6 Å². The molecule has 0 radical (unpaired) electrons. The van der Waals surface area contributed by atoms with Crippen molar-refractivity contribution in [3.63, 3.8) is 0 Å². The van der Waals surface area contributed by atoms with Crippen LogP contribution < -0.4 is 9.47 Å². The summed E-state index contributed by atoms with van der Waals surface area (Å²) in [5, 5.41) is 8.98. The van der Waals surface area contributed by atoms with Crippen LogP contribution in [-0.2, 0) is 0 Å². The number of methoxy groups -OCH3 is 2. The van der Waals surface area contributed by atoms with E-state index in [1.165, 1.54) is 6.08 Å². The van der Waals surface area contributed by atoms with Gasteiger partial charge in [-0.1, -0.05) is 12.1 Å². The number of rotatable bonds is 4. The van der Waals surface area contributed by atoms with Crippen molar-refractivity contribution in [2.75, 3.05) is 14.2 Å². The van der Waals surface area contributed by atoms with Crippen LogP contribution in [0.25, 0.3) is 5.57 Å². The van der Waals surface area contributed by atoms with Crippen LogP contribution in [0.5, 0.6) is 11.5 Å². The minimum atomic E-state index is 0.616. The molecular weight excluding hydrogens is 252 g/mol. The molecule has 0 unspecified atom stereocenters. The lowest BCUT2D eigenvalue weighted by atomic mass is 10.0. The highest BCUT2D eigenvalue weighted by molar-refractivity contribution is 5.80. The Labute approximate surface area is 117 Å². The molecule has 0 bridgehead atoms. The highest BCUT2D eigenvalue weighted by Gasteiger charge is 2.10. The topological polar surface area (TPSA) is 55.1 Å². The van der Waals surface area contributed by atoms with Gasteiger partial charge in [0.25, 0.3) is 0 Å². The molecule has 0 saturated heterocycles. The first-order valence-electron chi connectivity index (χ1n) is 6.03. The average Bonchev–Trinajstić information content (AvgIpc) is 2.52. The number of hydrogen-bond acceptors (Lipinski definition) is 4. The van der Waals surface area contributed by atoms with Gasteiger partial charge in [0.15, 0.2) is 11.5 Å². The number of nitriles is 1. The molecule has 1 aromatic heterocycles. The van der Waals surface area contributed by atoms with Gasteiger partial charge in [-0.05, 0) is 29.8 Å². The Kier molecular flexibility index (Phi) is 4.35. The molecule has 0 fully saturated rings. The van der Waals surface area contributed by atoms with Crippen LogP contribution in [0.4, 0.5) is 0 Å². The lowest BCUT2D eigenvalue weighted by Crippen LogP contribution is -1.95. The van der Waals surface area contributed by atoms with Crippen molar-refractivity contribution in [1.29, 1.82) is 5.26 Å². The van der Waals surface area contributed by atoms with Crippen LogP contribution in [-0.4, -0.2) is 19.2 Å². The molecule has 2 rings (SSSR count). The first-order valence-corrected chi connectivity index (χ1v) is 6.03. The van der Waals surface area contributed by atoms with Gasteiger partial charge in [0.1, 0.15) is 0 Å². The molecule has 0 amide bonds. The fraction of sp³-hybridized carbons (Fsp3) is 0.125. The number of allylic oxidation sites excluding steroid dienone is 1. The summed E-state index contributed by atoms with van der Waals surface area (Å²) in [6.45, 7) is 0. The smallest absolute Gasteiger partial charge is 0.161 e. The molecule has 4 nitrogen and oxygen atoms in total. The van der Waals surface area contributed by atoms with E-state index in [2.05, 4.69) is 11.1 Å². The van der Waals surface area contributed by atoms with Crippen LogP contribution >= 0.6 is 0 Å². The first-order chi connectivity index (χ1) is 9.80. The first kappa shape index (κ1) is 13.6. The number of pyridine rings is 1. The summed E-state index contributed by atoms with van der Waals surface area (Å²) < 4.78 is 10.5. The van der Waals surface area contributed by atoms with Gasteiger partial charge in [-0.25, -0.2) is 0 Å². The van der Waals surface area contributed by atoms with Crippen LogP contribution in [0, 0.1) is 11.3 Å². The third kappa shape index (κ3) is 2.78. The lowest BCUT2D eigenvalue weighted by molar-refractivity contribution is 0.355. The highest BCUT2D eigenvalue weighted by atomic mass is 16.5. The van der Waals surface area contributed by atoms with Gasteiger partial charge < -0.3 is 9.47 Å². The summed E-state index contributed by atoms with van der Waals surface area (Å²) in [6, 6.07) is 13.1. The van der Waals surface area contributed by atoms with Gasteiger partial charge >= 0.3 is 0 Å². The average molecular weight is 266 g/mol. The molecule has 0 saturated carbocycles. The molecule has 0 atom stereocenters. The summed E-state index contributed by atoms with van der Waals surface area (Å²) in [5.74, 6) is 1.26. The Hall–Kier alpha value is -2.80. The monoisotopic (exact) mass is 266 g/mol. The zero-order valence-electron chi connectivity index (χ0n) is 11.3. The molecule has 0 aliphatic rings. The summed E-state index contributed by atoms with van der Waals surface area (Å²) in [7, 11) is 3.17. The van der Waals surface area contributed by atoms with Crippen LogP contribution in [0.3, 0.4) is 0 Å². The van der Waals surface area contributed by atoms with E-state index in [0.717, 1.165) is 16.8 Å². The van der Waals surface area contributed by atoms with E-state index in [1.807, 2.05) is 36.4 Å². The summed E-state index contributed by atoms with van der Waals surface area (Å²) in [6.07, 6.45) is 3.17. The Bertz CT molecular complexity index is 658. The molecular formula is C16H14N2O2. The van der Waals surface area contributed by atoms with Crippen LogP contribution in [0.15, 0.2) is 48.7 Å². The Morgan fingerprint density at radius 2 is 1.95 bits per heavy atom. The number of hydrogen-bond donors (Lipinski definition) is 0. The maximum absolute atomic E-state index is 8.98. The SMILES string of the molecule is COc1ccc(/C(=C/C#N)c2ccccn2)cc1OC. The van der Waals surface area contributed by atoms with E-state index >= 15 is 0 Å². The Morgan fingerprint density at radius 1 is 1.15 bits per heavy atom. The van der Waals surface area contributed by atoms with Crippen molar-refractivity contribution >= 4 is 5.57 Å². The van der Waals surface area contributed by atoms with Crippen molar-refractivity contribution in [3.05, 3.63) is 59.9 Å². The Balaban J connectivity index is 2.52. The van der Waals surface area contributed by atoms with Gasteiger partial charge in [0.2, 0.25) is 0 Å². The molecule has 0 aliphatic heterocycles. The highest BCUT2D eigenvalue weighted by Crippen LogP contribution is 2.32. The molecule has 0 aliphatic carbocycles. The third-order valence-corrected chi connectivity index (χ3v) is 2.84. The number of ether oxygens (including phenoxy) is 2. The zero-order chi connectivity index (χ0) is 14.4. The molecule has 20 heavy (non-hydrogen) atoms. The lowest BCUT2D eigenvalue weighted by Gasteiger charge is -2.11. The summed E-state index contributed by atoms with van der Waals surface area (Å²) >= 11 is 0. The van der Waals surface area contributed by atoms with Crippen molar-refractivity contribution < 1.29 is 9.47 Å². The van der Waals surface area contributed by atoms with Crippen molar-refractivity contribution in [1.82, 2.24) is 4.98 Å². The molecule has 0 spiro atoms. The van der Waals surface area contributed by atoms with E-state index in [0.29, 0.717) is 11.5 Å². The van der Waals surface area contributed by atoms with Crippen molar-refractivity contribution in [2.24, 2.45) is 0 Å². The van der Waals surface area contributed by atoms with Crippen molar-refractivity contribution in [2.45, 2.75) is 0 Å². The second kappa shape index (κ2) is 6.39.